The fourth-order valence-corrected chi connectivity index (χ4v) is 4.73. The van der Waals surface area contributed by atoms with E-state index in [0.717, 1.165) is 18.9 Å². The van der Waals surface area contributed by atoms with Gasteiger partial charge in [0.05, 0.1) is 10.5 Å². The molecule has 140 valence electrons. The Balaban J connectivity index is 0.00000225. The summed E-state index contributed by atoms with van der Waals surface area (Å²) in [5.74, 6) is -1.15. The summed E-state index contributed by atoms with van der Waals surface area (Å²) in [5, 5.41) is 3.17. The molecule has 1 atom stereocenters. The van der Waals surface area contributed by atoms with E-state index < -0.39 is 15.8 Å². The molecule has 0 saturated carbocycles. The monoisotopic (exact) mass is 391 g/mol. The van der Waals surface area contributed by atoms with Gasteiger partial charge in [-0.25, -0.2) is 12.8 Å². The molecule has 1 unspecified atom stereocenters. The third-order valence-electron chi connectivity index (χ3n) is 4.53. The zero-order valence-corrected chi connectivity index (χ0v) is 15.7. The number of carbonyl (C=O) groups excluding carboxylic acids is 1. The Morgan fingerprint density at radius 1 is 1.24 bits per heavy atom. The predicted octanol–water partition coefficient (Wildman–Crippen LogP) is 1.47. The van der Waals surface area contributed by atoms with Crippen molar-refractivity contribution in [2.24, 2.45) is 0 Å². The molecule has 1 aromatic rings. The minimum atomic E-state index is -3.75. The number of hydrogen-bond donors (Lipinski definition) is 1. The molecule has 1 aromatic carbocycles. The summed E-state index contributed by atoms with van der Waals surface area (Å²) in [6.07, 6.45) is 1.84. The summed E-state index contributed by atoms with van der Waals surface area (Å²) in [4.78, 5) is 13.8. The van der Waals surface area contributed by atoms with Crippen LogP contribution in [0.5, 0.6) is 0 Å². The zero-order valence-electron chi connectivity index (χ0n) is 14.1. The molecule has 2 saturated heterocycles. The normalized spacial score (nSPS) is 21.8. The first-order valence-corrected chi connectivity index (χ1v) is 9.66. The Hall–Kier alpha value is -1.22. The number of piperazine rings is 1. The highest BCUT2D eigenvalue weighted by Crippen LogP contribution is 2.22. The number of carbonyl (C=O) groups is 1. The van der Waals surface area contributed by atoms with Gasteiger partial charge in [-0.3, -0.25) is 4.79 Å². The highest BCUT2D eigenvalue weighted by atomic mass is 35.5. The highest BCUT2D eigenvalue weighted by Gasteiger charge is 2.30. The number of nitrogens with one attached hydrogen (secondary N) is 1. The molecule has 1 N–H and O–H groups in total. The van der Waals surface area contributed by atoms with Crippen molar-refractivity contribution in [2.75, 3.05) is 32.7 Å². The molecule has 6 nitrogen and oxygen atoms in total. The number of nitrogens with zero attached hydrogens (tertiary/aromatic N) is 2. The highest BCUT2D eigenvalue weighted by molar-refractivity contribution is 7.89. The van der Waals surface area contributed by atoms with E-state index in [4.69, 9.17) is 0 Å². The Morgan fingerprint density at radius 2 is 1.92 bits per heavy atom. The van der Waals surface area contributed by atoms with Crippen molar-refractivity contribution in [2.45, 2.75) is 30.7 Å². The average Bonchev–Trinajstić information content (AvgIpc) is 3.08. The van der Waals surface area contributed by atoms with E-state index in [9.17, 15) is 17.6 Å². The summed E-state index contributed by atoms with van der Waals surface area (Å²) in [7, 11) is -3.75. The molecule has 1 amide bonds. The Bertz CT molecular complexity index is 738. The van der Waals surface area contributed by atoms with Crippen molar-refractivity contribution in [3.63, 3.8) is 0 Å². The molecule has 2 aliphatic heterocycles. The van der Waals surface area contributed by atoms with E-state index in [0.29, 0.717) is 32.7 Å². The molecule has 2 aliphatic rings. The van der Waals surface area contributed by atoms with E-state index in [2.05, 4.69) is 5.32 Å². The summed E-state index contributed by atoms with van der Waals surface area (Å²) in [6, 6.07) is 3.63. The topological polar surface area (TPSA) is 69.7 Å². The summed E-state index contributed by atoms with van der Waals surface area (Å²) in [5.41, 5.74) is -0.0653. The van der Waals surface area contributed by atoms with E-state index >= 15 is 0 Å². The van der Waals surface area contributed by atoms with Gasteiger partial charge in [0.2, 0.25) is 10.0 Å². The van der Waals surface area contributed by atoms with Gasteiger partial charge < -0.3 is 10.2 Å². The third kappa shape index (κ3) is 4.13. The van der Waals surface area contributed by atoms with Crippen molar-refractivity contribution < 1.29 is 17.6 Å². The van der Waals surface area contributed by atoms with Crippen molar-refractivity contribution in [3.05, 3.63) is 29.6 Å². The Morgan fingerprint density at radius 3 is 2.52 bits per heavy atom. The molecular weight excluding hydrogens is 369 g/mol. The van der Waals surface area contributed by atoms with Gasteiger partial charge in [-0.15, -0.1) is 12.4 Å². The van der Waals surface area contributed by atoms with Crippen LogP contribution in [0.25, 0.3) is 0 Å². The maximum atomic E-state index is 14.4. The molecule has 0 bridgehead atoms. The quantitative estimate of drug-likeness (QED) is 0.847. The first-order valence-electron chi connectivity index (χ1n) is 8.22. The molecule has 2 heterocycles. The summed E-state index contributed by atoms with van der Waals surface area (Å²) in [6.45, 7) is 4.41. The minimum Gasteiger partial charge on any atom is -0.339 e. The van der Waals surface area contributed by atoms with Gasteiger partial charge in [0, 0.05) is 38.8 Å². The van der Waals surface area contributed by atoms with Gasteiger partial charge in [-0.1, -0.05) is 0 Å². The van der Waals surface area contributed by atoms with Crippen LogP contribution in [-0.2, 0) is 10.0 Å². The van der Waals surface area contributed by atoms with E-state index in [1.54, 1.807) is 4.90 Å². The lowest BCUT2D eigenvalue weighted by atomic mass is 10.2. The van der Waals surface area contributed by atoms with Crippen LogP contribution in [0.3, 0.4) is 0 Å². The van der Waals surface area contributed by atoms with E-state index in [-0.39, 0.29) is 34.8 Å². The first-order chi connectivity index (χ1) is 11.4. The van der Waals surface area contributed by atoms with Gasteiger partial charge >= 0.3 is 0 Å². The molecular formula is C16H23ClFN3O3S. The van der Waals surface area contributed by atoms with Crippen LogP contribution in [0.15, 0.2) is 23.1 Å². The average molecular weight is 392 g/mol. The van der Waals surface area contributed by atoms with Crippen LogP contribution in [0, 0.1) is 5.82 Å². The maximum absolute atomic E-state index is 14.4. The van der Waals surface area contributed by atoms with Crippen molar-refractivity contribution >= 4 is 28.3 Å². The lowest BCUT2D eigenvalue weighted by molar-refractivity contribution is 0.0788. The van der Waals surface area contributed by atoms with Crippen LogP contribution >= 0.6 is 12.4 Å². The molecule has 0 radical (unpaired) electrons. The molecule has 0 spiro atoms. The largest absolute Gasteiger partial charge is 0.339 e. The molecule has 0 aromatic heterocycles. The second-order valence-electron chi connectivity index (χ2n) is 6.36. The van der Waals surface area contributed by atoms with Crippen molar-refractivity contribution in [1.29, 1.82) is 0 Å². The molecule has 0 aliphatic carbocycles. The fourth-order valence-electron chi connectivity index (χ4n) is 3.18. The van der Waals surface area contributed by atoms with Gasteiger partial charge in [0.1, 0.15) is 5.82 Å². The lowest BCUT2D eigenvalue weighted by Gasteiger charge is -2.31. The lowest BCUT2D eigenvalue weighted by Crippen LogP contribution is -2.51. The van der Waals surface area contributed by atoms with E-state index in [1.165, 1.54) is 16.4 Å². The second kappa shape index (κ2) is 7.99. The number of amides is 1. The number of benzene rings is 1. The fraction of sp³-hybridized carbons (Fsp3) is 0.562. The standard InChI is InChI=1S/C16H22FN3O3S.ClH/c1-12-11-20(9-6-18-12)24(22,23)13-4-5-14(15(17)10-13)16(21)19-7-2-3-8-19;/h4-5,10,12,18H,2-3,6-9,11H2,1H3;1H. The Labute approximate surface area is 153 Å². The minimum absolute atomic E-state index is 0. The van der Waals surface area contributed by atoms with Crippen LogP contribution in [0.2, 0.25) is 0 Å². The van der Waals surface area contributed by atoms with Gasteiger partial charge in [-0.05, 0) is 38.0 Å². The molecule has 9 heteroatoms. The maximum Gasteiger partial charge on any atom is 0.256 e. The predicted molar refractivity (Wildman–Crippen MR) is 95.0 cm³/mol. The van der Waals surface area contributed by atoms with Gasteiger partial charge in [0.25, 0.3) is 5.91 Å². The number of likely N-dealkylation sites (tertiary alicyclic amines) is 1. The first kappa shape index (κ1) is 20.1. The molecule has 2 fully saturated rings. The van der Waals surface area contributed by atoms with E-state index in [1.807, 2.05) is 6.92 Å². The van der Waals surface area contributed by atoms with Gasteiger partial charge in [0.15, 0.2) is 0 Å². The zero-order chi connectivity index (χ0) is 17.3. The SMILES string of the molecule is CC1CN(S(=O)(=O)c2ccc(C(=O)N3CCCC3)c(F)c2)CCN1.Cl. The number of halogens is 2. The smallest absolute Gasteiger partial charge is 0.256 e. The van der Waals surface area contributed by atoms with Crippen LogP contribution in [0.4, 0.5) is 4.39 Å². The van der Waals surface area contributed by atoms with Gasteiger partial charge in [-0.2, -0.15) is 4.31 Å². The van der Waals surface area contributed by atoms with Crippen molar-refractivity contribution in [3.8, 4) is 0 Å². The molecule has 25 heavy (non-hydrogen) atoms. The third-order valence-corrected chi connectivity index (χ3v) is 6.39. The summed E-state index contributed by atoms with van der Waals surface area (Å²) < 4.78 is 41.1. The van der Waals surface area contributed by atoms with Crippen LogP contribution in [0.1, 0.15) is 30.1 Å². The van der Waals surface area contributed by atoms with Crippen molar-refractivity contribution in [1.82, 2.24) is 14.5 Å². The number of rotatable bonds is 3. The Kier molecular flexibility index (Phi) is 6.42. The second-order valence-corrected chi connectivity index (χ2v) is 8.30. The van der Waals surface area contributed by atoms with Crippen LogP contribution in [-0.4, -0.2) is 62.3 Å². The number of hydrogen-bond acceptors (Lipinski definition) is 4. The summed E-state index contributed by atoms with van der Waals surface area (Å²) >= 11 is 0. The number of sulfonamides is 1. The van der Waals surface area contributed by atoms with Crippen LogP contribution < -0.4 is 5.32 Å². The molecule has 3 rings (SSSR count).